The van der Waals surface area contributed by atoms with Crippen molar-refractivity contribution in [2.75, 3.05) is 33.4 Å². The first kappa shape index (κ1) is 12.9. The predicted octanol–water partition coefficient (Wildman–Crippen LogP) is 1.82. The molecule has 90 valence electrons. The zero-order valence-electron chi connectivity index (χ0n) is 10.6. The largest absolute Gasteiger partial charge is 0.378 e. The van der Waals surface area contributed by atoms with Gasteiger partial charge in [0.25, 0.3) is 0 Å². The SMILES string of the molecule is COC1(CNCCC(C)(C)C)CCOC1. The van der Waals surface area contributed by atoms with Crippen LogP contribution in [0.5, 0.6) is 0 Å². The van der Waals surface area contributed by atoms with E-state index in [4.69, 9.17) is 9.47 Å². The van der Waals surface area contributed by atoms with Gasteiger partial charge in [-0.3, -0.25) is 0 Å². The molecule has 3 heteroatoms. The van der Waals surface area contributed by atoms with Gasteiger partial charge in [-0.2, -0.15) is 0 Å². The zero-order chi connectivity index (χ0) is 11.4. The van der Waals surface area contributed by atoms with Crippen LogP contribution in [0.25, 0.3) is 0 Å². The van der Waals surface area contributed by atoms with E-state index < -0.39 is 0 Å². The molecular weight excluding hydrogens is 190 g/mol. The Hall–Kier alpha value is -0.120. The summed E-state index contributed by atoms with van der Waals surface area (Å²) in [6.07, 6.45) is 2.19. The van der Waals surface area contributed by atoms with E-state index in [2.05, 4.69) is 26.1 Å². The van der Waals surface area contributed by atoms with Crippen molar-refractivity contribution in [1.82, 2.24) is 5.32 Å². The Balaban J connectivity index is 2.18. The minimum atomic E-state index is -0.0715. The quantitative estimate of drug-likeness (QED) is 0.710. The first-order valence-corrected chi connectivity index (χ1v) is 5.81. The average molecular weight is 215 g/mol. The molecule has 1 fully saturated rings. The molecule has 3 nitrogen and oxygen atoms in total. The smallest absolute Gasteiger partial charge is 0.106 e. The zero-order valence-corrected chi connectivity index (χ0v) is 10.6. The highest BCUT2D eigenvalue weighted by molar-refractivity contribution is 4.87. The molecule has 0 bridgehead atoms. The van der Waals surface area contributed by atoms with Crippen LogP contribution in [0.15, 0.2) is 0 Å². The Morgan fingerprint density at radius 3 is 2.60 bits per heavy atom. The highest BCUT2D eigenvalue weighted by atomic mass is 16.5. The van der Waals surface area contributed by atoms with Gasteiger partial charge in [-0.05, 0) is 18.4 Å². The van der Waals surface area contributed by atoms with Gasteiger partial charge in [0.1, 0.15) is 5.60 Å². The maximum absolute atomic E-state index is 5.54. The van der Waals surface area contributed by atoms with Crippen LogP contribution in [0.4, 0.5) is 0 Å². The second kappa shape index (κ2) is 5.28. The summed E-state index contributed by atoms with van der Waals surface area (Å²) in [5, 5.41) is 3.47. The monoisotopic (exact) mass is 215 g/mol. The minimum Gasteiger partial charge on any atom is -0.378 e. The van der Waals surface area contributed by atoms with Gasteiger partial charge >= 0.3 is 0 Å². The van der Waals surface area contributed by atoms with Crippen molar-refractivity contribution in [2.24, 2.45) is 5.41 Å². The molecule has 1 unspecified atom stereocenters. The third kappa shape index (κ3) is 4.49. The number of nitrogens with one attached hydrogen (secondary N) is 1. The van der Waals surface area contributed by atoms with Gasteiger partial charge in [-0.15, -0.1) is 0 Å². The summed E-state index contributed by atoms with van der Waals surface area (Å²) in [5.74, 6) is 0. The lowest BCUT2D eigenvalue weighted by Crippen LogP contribution is -2.43. The summed E-state index contributed by atoms with van der Waals surface area (Å²) in [4.78, 5) is 0. The topological polar surface area (TPSA) is 30.5 Å². The first-order chi connectivity index (χ1) is 6.97. The Bertz CT molecular complexity index is 181. The van der Waals surface area contributed by atoms with Crippen molar-refractivity contribution >= 4 is 0 Å². The summed E-state index contributed by atoms with van der Waals surface area (Å²) < 4.78 is 10.9. The highest BCUT2D eigenvalue weighted by Crippen LogP contribution is 2.22. The lowest BCUT2D eigenvalue weighted by Gasteiger charge is -2.27. The highest BCUT2D eigenvalue weighted by Gasteiger charge is 2.34. The third-order valence-corrected chi connectivity index (χ3v) is 3.00. The standard InChI is InChI=1S/C12H25NO2/c1-11(2,3)5-7-13-9-12(14-4)6-8-15-10-12/h13H,5-10H2,1-4H3. The lowest BCUT2D eigenvalue weighted by atomic mass is 9.92. The second-order valence-corrected chi connectivity index (χ2v) is 5.68. The van der Waals surface area contributed by atoms with Crippen LogP contribution in [-0.4, -0.2) is 39.0 Å². The Labute approximate surface area is 93.5 Å². The summed E-state index contributed by atoms with van der Waals surface area (Å²) in [5.41, 5.74) is 0.331. The van der Waals surface area contributed by atoms with Crippen LogP contribution in [0, 0.1) is 5.41 Å². The lowest BCUT2D eigenvalue weighted by molar-refractivity contribution is -0.0159. The van der Waals surface area contributed by atoms with E-state index >= 15 is 0 Å². The van der Waals surface area contributed by atoms with Gasteiger partial charge < -0.3 is 14.8 Å². The Morgan fingerprint density at radius 1 is 1.40 bits per heavy atom. The maximum Gasteiger partial charge on any atom is 0.106 e. The molecule has 1 aliphatic rings. The molecule has 1 aliphatic heterocycles. The molecular formula is C12H25NO2. The normalized spacial score (nSPS) is 27.2. The maximum atomic E-state index is 5.54. The van der Waals surface area contributed by atoms with Gasteiger partial charge in [0, 0.05) is 26.7 Å². The summed E-state index contributed by atoms with van der Waals surface area (Å²) in [6, 6.07) is 0. The van der Waals surface area contributed by atoms with Crippen LogP contribution in [0.1, 0.15) is 33.6 Å². The van der Waals surface area contributed by atoms with E-state index in [0.29, 0.717) is 5.41 Å². The molecule has 1 rings (SSSR count). The van der Waals surface area contributed by atoms with Gasteiger partial charge in [-0.25, -0.2) is 0 Å². The molecule has 0 aromatic rings. The van der Waals surface area contributed by atoms with Gasteiger partial charge in [-0.1, -0.05) is 20.8 Å². The fraction of sp³-hybridized carbons (Fsp3) is 1.00. The van der Waals surface area contributed by atoms with Crippen molar-refractivity contribution in [3.63, 3.8) is 0 Å². The number of hydrogen-bond donors (Lipinski definition) is 1. The predicted molar refractivity (Wildman–Crippen MR) is 62.1 cm³/mol. The van der Waals surface area contributed by atoms with Crippen molar-refractivity contribution < 1.29 is 9.47 Å². The van der Waals surface area contributed by atoms with E-state index in [9.17, 15) is 0 Å². The van der Waals surface area contributed by atoms with Crippen LogP contribution in [0.3, 0.4) is 0 Å². The third-order valence-electron chi connectivity index (χ3n) is 3.00. The molecule has 0 amide bonds. The molecule has 0 spiro atoms. The Morgan fingerprint density at radius 2 is 2.13 bits per heavy atom. The summed E-state index contributed by atoms with van der Waals surface area (Å²) in [7, 11) is 1.78. The van der Waals surface area contributed by atoms with E-state index in [0.717, 1.165) is 32.7 Å². The van der Waals surface area contributed by atoms with E-state index in [1.54, 1.807) is 7.11 Å². The van der Waals surface area contributed by atoms with Crippen molar-refractivity contribution in [2.45, 2.75) is 39.2 Å². The van der Waals surface area contributed by atoms with Gasteiger partial charge in [0.2, 0.25) is 0 Å². The molecule has 0 radical (unpaired) electrons. The molecule has 0 aromatic heterocycles. The molecule has 1 saturated heterocycles. The van der Waals surface area contributed by atoms with E-state index in [1.807, 2.05) is 0 Å². The van der Waals surface area contributed by atoms with Gasteiger partial charge in [0.05, 0.1) is 6.61 Å². The van der Waals surface area contributed by atoms with E-state index in [1.165, 1.54) is 6.42 Å². The number of ether oxygens (including phenoxy) is 2. The van der Waals surface area contributed by atoms with Crippen LogP contribution >= 0.6 is 0 Å². The van der Waals surface area contributed by atoms with Crippen molar-refractivity contribution in [3.8, 4) is 0 Å². The minimum absolute atomic E-state index is 0.0715. The van der Waals surface area contributed by atoms with Crippen LogP contribution in [0.2, 0.25) is 0 Å². The molecule has 1 N–H and O–H groups in total. The summed E-state index contributed by atoms with van der Waals surface area (Å²) in [6.45, 7) is 10.3. The van der Waals surface area contributed by atoms with Crippen molar-refractivity contribution in [1.29, 1.82) is 0 Å². The van der Waals surface area contributed by atoms with Crippen LogP contribution < -0.4 is 5.32 Å². The Kier molecular flexibility index (Phi) is 4.56. The molecule has 0 aromatic carbocycles. The first-order valence-electron chi connectivity index (χ1n) is 5.81. The molecule has 15 heavy (non-hydrogen) atoms. The number of hydrogen-bond acceptors (Lipinski definition) is 3. The fourth-order valence-electron chi connectivity index (χ4n) is 1.74. The fourth-order valence-corrected chi connectivity index (χ4v) is 1.74. The number of rotatable bonds is 5. The number of methoxy groups -OCH3 is 1. The van der Waals surface area contributed by atoms with Crippen molar-refractivity contribution in [3.05, 3.63) is 0 Å². The van der Waals surface area contributed by atoms with Crippen LogP contribution in [-0.2, 0) is 9.47 Å². The van der Waals surface area contributed by atoms with E-state index in [-0.39, 0.29) is 5.60 Å². The van der Waals surface area contributed by atoms with Gasteiger partial charge in [0.15, 0.2) is 0 Å². The molecule has 1 atom stereocenters. The molecule has 1 heterocycles. The average Bonchev–Trinajstić information content (AvgIpc) is 2.60. The molecule has 0 saturated carbocycles. The second-order valence-electron chi connectivity index (χ2n) is 5.68. The summed E-state index contributed by atoms with van der Waals surface area (Å²) >= 11 is 0. The molecule has 0 aliphatic carbocycles.